The molecule has 1 N–H and O–H groups in total. The Balaban J connectivity index is 2.25. The Hall–Kier alpha value is -1.19. The molecular weight excluding hydrogens is 236 g/mol. The molecule has 1 saturated heterocycles. The van der Waals surface area contributed by atoms with Crippen LogP contribution in [0.2, 0.25) is 0 Å². The van der Waals surface area contributed by atoms with Crippen molar-refractivity contribution >= 4 is 5.78 Å². The Morgan fingerprint density at radius 3 is 2.16 bits per heavy atom. The zero-order chi connectivity index (χ0) is 14.0. The molecule has 0 bridgehead atoms. The smallest absolute Gasteiger partial charge is 0.182 e. The standard InChI is InChI=1S/C16H24N2O/c1-12-9-13(2)11-14(10-12)15(19)16(3,4)18-7-5-17-6-8-18/h9-11,17H,5-8H2,1-4H3. The predicted molar refractivity (Wildman–Crippen MR) is 78.8 cm³/mol. The molecule has 0 radical (unpaired) electrons. The first-order valence-electron chi connectivity index (χ1n) is 7.00. The van der Waals surface area contributed by atoms with Crippen LogP contribution in [0.3, 0.4) is 0 Å². The van der Waals surface area contributed by atoms with Gasteiger partial charge in [0.1, 0.15) is 0 Å². The van der Waals surface area contributed by atoms with Gasteiger partial charge in [-0.1, -0.05) is 17.2 Å². The molecule has 0 aliphatic carbocycles. The fraction of sp³-hybridized carbons (Fsp3) is 0.562. The molecule has 1 fully saturated rings. The molecule has 1 aromatic carbocycles. The third-order valence-electron chi connectivity index (χ3n) is 3.95. The van der Waals surface area contributed by atoms with Gasteiger partial charge in [-0.25, -0.2) is 0 Å². The van der Waals surface area contributed by atoms with Crippen LogP contribution in [0.15, 0.2) is 18.2 Å². The lowest BCUT2D eigenvalue weighted by atomic mass is 9.89. The van der Waals surface area contributed by atoms with Gasteiger partial charge in [0.05, 0.1) is 5.54 Å². The number of carbonyl (C=O) groups is 1. The lowest BCUT2D eigenvalue weighted by Crippen LogP contribution is -2.57. The van der Waals surface area contributed by atoms with Crippen molar-refractivity contribution in [3.63, 3.8) is 0 Å². The van der Waals surface area contributed by atoms with Gasteiger partial charge in [-0.15, -0.1) is 0 Å². The molecule has 3 heteroatoms. The van der Waals surface area contributed by atoms with Crippen LogP contribution < -0.4 is 5.32 Å². The Morgan fingerprint density at radius 1 is 1.11 bits per heavy atom. The van der Waals surface area contributed by atoms with Crippen molar-refractivity contribution < 1.29 is 4.79 Å². The molecule has 19 heavy (non-hydrogen) atoms. The van der Waals surface area contributed by atoms with Crippen LogP contribution in [0.25, 0.3) is 0 Å². The number of carbonyl (C=O) groups excluding carboxylic acids is 1. The minimum Gasteiger partial charge on any atom is -0.314 e. The summed E-state index contributed by atoms with van der Waals surface area (Å²) in [5.41, 5.74) is 2.71. The van der Waals surface area contributed by atoms with Crippen molar-refractivity contribution in [3.8, 4) is 0 Å². The van der Waals surface area contributed by atoms with Crippen LogP contribution >= 0.6 is 0 Å². The van der Waals surface area contributed by atoms with Gasteiger partial charge in [0.25, 0.3) is 0 Å². The van der Waals surface area contributed by atoms with Gasteiger partial charge in [0.15, 0.2) is 5.78 Å². The number of nitrogens with one attached hydrogen (secondary N) is 1. The van der Waals surface area contributed by atoms with Gasteiger partial charge in [0.2, 0.25) is 0 Å². The lowest BCUT2D eigenvalue weighted by molar-refractivity contribution is 0.0602. The first kappa shape index (κ1) is 14.2. The lowest BCUT2D eigenvalue weighted by Gasteiger charge is -2.40. The van der Waals surface area contributed by atoms with E-state index in [0.717, 1.165) is 42.9 Å². The Labute approximate surface area is 116 Å². The van der Waals surface area contributed by atoms with Crippen LogP contribution in [-0.4, -0.2) is 42.4 Å². The topological polar surface area (TPSA) is 32.3 Å². The van der Waals surface area contributed by atoms with Crippen LogP contribution in [-0.2, 0) is 0 Å². The number of hydrogen-bond donors (Lipinski definition) is 1. The van der Waals surface area contributed by atoms with Crippen molar-refractivity contribution in [3.05, 3.63) is 34.9 Å². The molecule has 0 amide bonds. The van der Waals surface area contributed by atoms with E-state index in [0.29, 0.717) is 0 Å². The van der Waals surface area contributed by atoms with E-state index in [4.69, 9.17) is 0 Å². The second-order valence-corrected chi connectivity index (χ2v) is 6.00. The Kier molecular flexibility index (Phi) is 4.07. The fourth-order valence-electron chi connectivity index (χ4n) is 2.83. The van der Waals surface area contributed by atoms with Crippen molar-refractivity contribution in [1.82, 2.24) is 10.2 Å². The van der Waals surface area contributed by atoms with E-state index < -0.39 is 5.54 Å². The summed E-state index contributed by atoms with van der Waals surface area (Å²) in [6.07, 6.45) is 0. The minimum absolute atomic E-state index is 0.223. The van der Waals surface area contributed by atoms with Crippen molar-refractivity contribution in [2.24, 2.45) is 0 Å². The molecule has 0 saturated carbocycles. The normalized spacial score (nSPS) is 17.5. The zero-order valence-corrected chi connectivity index (χ0v) is 12.4. The quantitative estimate of drug-likeness (QED) is 0.845. The van der Waals surface area contributed by atoms with Crippen molar-refractivity contribution in [2.75, 3.05) is 26.2 Å². The van der Waals surface area contributed by atoms with E-state index in [1.807, 2.05) is 39.8 Å². The van der Waals surface area contributed by atoms with E-state index in [1.165, 1.54) is 0 Å². The highest BCUT2D eigenvalue weighted by Crippen LogP contribution is 2.22. The third-order valence-corrected chi connectivity index (χ3v) is 3.95. The fourth-order valence-corrected chi connectivity index (χ4v) is 2.83. The van der Waals surface area contributed by atoms with Crippen LogP contribution in [0.5, 0.6) is 0 Å². The molecular formula is C16H24N2O. The van der Waals surface area contributed by atoms with E-state index >= 15 is 0 Å². The monoisotopic (exact) mass is 260 g/mol. The molecule has 0 atom stereocenters. The number of nitrogens with zero attached hydrogens (tertiary/aromatic N) is 1. The highest BCUT2D eigenvalue weighted by molar-refractivity contribution is 6.03. The summed E-state index contributed by atoms with van der Waals surface area (Å²) >= 11 is 0. The van der Waals surface area contributed by atoms with E-state index in [-0.39, 0.29) is 5.78 Å². The summed E-state index contributed by atoms with van der Waals surface area (Å²) in [6.45, 7) is 12.0. The highest BCUT2D eigenvalue weighted by Gasteiger charge is 2.35. The molecule has 3 nitrogen and oxygen atoms in total. The number of aryl methyl sites for hydroxylation is 2. The number of Topliss-reactive ketones (excluding diaryl/α,β-unsaturated/α-hetero) is 1. The van der Waals surface area contributed by atoms with E-state index in [2.05, 4.69) is 16.3 Å². The van der Waals surface area contributed by atoms with Gasteiger partial charge >= 0.3 is 0 Å². The number of rotatable bonds is 3. The summed E-state index contributed by atoms with van der Waals surface area (Å²) in [7, 11) is 0. The molecule has 1 aromatic rings. The van der Waals surface area contributed by atoms with Gasteiger partial charge in [0, 0.05) is 31.7 Å². The molecule has 0 spiro atoms. The summed E-state index contributed by atoms with van der Waals surface area (Å²) < 4.78 is 0. The van der Waals surface area contributed by atoms with E-state index in [9.17, 15) is 4.79 Å². The Bertz CT molecular complexity index is 453. The molecule has 1 heterocycles. The van der Waals surface area contributed by atoms with Crippen LogP contribution in [0.4, 0.5) is 0 Å². The first-order valence-corrected chi connectivity index (χ1v) is 7.00. The second kappa shape index (κ2) is 5.43. The molecule has 1 aliphatic heterocycles. The van der Waals surface area contributed by atoms with E-state index in [1.54, 1.807) is 0 Å². The second-order valence-electron chi connectivity index (χ2n) is 6.00. The zero-order valence-electron chi connectivity index (χ0n) is 12.4. The van der Waals surface area contributed by atoms with Crippen LogP contribution in [0.1, 0.15) is 35.3 Å². The number of benzene rings is 1. The van der Waals surface area contributed by atoms with Gasteiger partial charge in [-0.3, -0.25) is 9.69 Å². The number of ketones is 1. The Morgan fingerprint density at radius 2 is 1.63 bits per heavy atom. The summed E-state index contributed by atoms with van der Waals surface area (Å²) in [6, 6.07) is 6.10. The molecule has 0 aromatic heterocycles. The largest absolute Gasteiger partial charge is 0.314 e. The SMILES string of the molecule is Cc1cc(C)cc(C(=O)C(C)(C)N2CCNCC2)c1. The molecule has 104 valence electrons. The van der Waals surface area contributed by atoms with Crippen molar-refractivity contribution in [1.29, 1.82) is 0 Å². The average Bonchev–Trinajstić information content (AvgIpc) is 2.37. The van der Waals surface area contributed by atoms with Gasteiger partial charge < -0.3 is 5.32 Å². The molecule has 2 rings (SSSR count). The number of piperazine rings is 1. The highest BCUT2D eigenvalue weighted by atomic mass is 16.1. The first-order chi connectivity index (χ1) is 8.91. The van der Waals surface area contributed by atoms with Crippen LogP contribution in [0, 0.1) is 13.8 Å². The summed E-state index contributed by atoms with van der Waals surface area (Å²) in [5, 5.41) is 3.33. The third kappa shape index (κ3) is 3.04. The van der Waals surface area contributed by atoms with Gasteiger partial charge in [-0.05, 0) is 39.8 Å². The van der Waals surface area contributed by atoms with Gasteiger partial charge in [-0.2, -0.15) is 0 Å². The summed E-state index contributed by atoms with van der Waals surface area (Å²) in [5.74, 6) is 0.223. The molecule has 1 aliphatic rings. The summed E-state index contributed by atoms with van der Waals surface area (Å²) in [4.78, 5) is 15.1. The minimum atomic E-state index is -0.428. The molecule has 0 unspecified atom stereocenters. The maximum absolute atomic E-state index is 12.8. The van der Waals surface area contributed by atoms with Crippen molar-refractivity contribution in [2.45, 2.75) is 33.2 Å². The maximum atomic E-state index is 12.8. The maximum Gasteiger partial charge on any atom is 0.182 e. The number of hydrogen-bond acceptors (Lipinski definition) is 3. The average molecular weight is 260 g/mol. The predicted octanol–water partition coefficient (Wildman–Crippen LogP) is 2.17.